The highest BCUT2D eigenvalue weighted by molar-refractivity contribution is 5.99. The molecule has 1 amide bonds. The highest BCUT2D eigenvalue weighted by Gasteiger charge is 2.26. The zero-order valence-electron chi connectivity index (χ0n) is 12.1. The number of benzene rings is 1. The molecule has 0 aliphatic rings. The maximum Gasteiger partial charge on any atom is 0.305 e. The predicted molar refractivity (Wildman–Crippen MR) is 78.0 cm³/mol. The molecule has 0 heterocycles. The summed E-state index contributed by atoms with van der Waals surface area (Å²) in [6.07, 6.45) is 0.184. The molecule has 11 heteroatoms. The first-order valence-corrected chi connectivity index (χ1v) is 6.44. The number of nitrogens with two attached hydrogens (primary N) is 1. The molecule has 124 valence electrons. The van der Waals surface area contributed by atoms with Crippen molar-refractivity contribution in [3.05, 3.63) is 37.9 Å². The van der Waals surface area contributed by atoms with Crippen molar-refractivity contribution in [3.8, 4) is 0 Å². The van der Waals surface area contributed by atoms with Crippen LogP contribution in [-0.4, -0.2) is 34.9 Å². The fourth-order valence-electron chi connectivity index (χ4n) is 1.67. The van der Waals surface area contributed by atoms with Gasteiger partial charge in [-0.05, 0) is 6.07 Å². The maximum atomic E-state index is 11.3. The Hall–Kier alpha value is -3.24. The molecule has 0 unspecified atom stereocenters. The minimum Gasteiger partial charge on any atom is -0.464 e. The second-order valence-corrected chi connectivity index (χ2v) is 4.27. The van der Waals surface area contributed by atoms with Gasteiger partial charge in [0.1, 0.15) is 17.9 Å². The van der Waals surface area contributed by atoms with Crippen molar-refractivity contribution in [3.63, 3.8) is 0 Å². The molecule has 3 N–H and O–H groups in total. The van der Waals surface area contributed by atoms with Crippen LogP contribution in [0.2, 0.25) is 0 Å². The van der Waals surface area contributed by atoms with E-state index >= 15 is 0 Å². The van der Waals surface area contributed by atoms with Crippen LogP contribution in [0.3, 0.4) is 0 Å². The molecule has 0 radical (unpaired) electrons. The summed E-state index contributed by atoms with van der Waals surface area (Å²) in [5.74, 6) is -1.53. The Balaban J connectivity index is 3.07. The summed E-state index contributed by atoms with van der Waals surface area (Å²) in [5.41, 5.74) is 3.10. The van der Waals surface area contributed by atoms with Crippen LogP contribution in [0.1, 0.15) is 23.7 Å². The van der Waals surface area contributed by atoms with Crippen LogP contribution in [-0.2, 0) is 9.53 Å². The lowest BCUT2D eigenvalue weighted by molar-refractivity contribution is -0.393. The van der Waals surface area contributed by atoms with Crippen LogP contribution in [0, 0.1) is 20.2 Å². The smallest absolute Gasteiger partial charge is 0.305 e. The lowest BCUT2D eigenvalue weighted by atomic mass is 10.1. The number of nitrogens with zero attached hydrogens (tertiary/aromatic N) is 2. The summed E-state index contributed by atoms with van der Waals surface area (Å²) >= 11 is 0. The van der Waals surface area contributed by atoms with E-state index in [4.69, 9.17) is 10.5 Å². The molecule has 0 bridgehead atoms. The molecule has 0 fully saturated rings. The van der Waals surface area contributed by atoms with Crippen molar-refractivity contribution < 1.29 is 24.2 Å². The Kier molecular flexibility index (Phi) is 5.95. The number of amides is 1. The summed E-state index contributed by atoms with van der Waals surface area (Å²) in [6, 6.07) is 1.58. The van der Waals surface area contributed by atoms with Crippen molar-refractivity contribution in [1.82, 2.24) is 0 Å². The van der Waals surface area contributed by atoms with Gasteiger partial charge in [0.2, 0.25) is 0 Å². The van der Waals surface area contributed by atoms with E-state index in [1.54, 1.807) is 6.92 Å². The predicted octanol–water partition coefficient (Wildman–Crippen LogP) is 0.967. The number of rotatable bonds is 8. The number of hydrogen-bond acceptors (Lipinski definition) is 8. The van der Waals surface area contributed by atoms with Gasteiger partial charge in [-0.2, -0.15) is 0 Å². The van der Waals surface area contributed by atoms with Crippen molar-refractivity contribution in [2.24, 2.45) is 5.73 Å². The summed E-state index contributed by atoms with van der Waals surface area (Å²) in [4.78, 5) is 42.4. The Bertz CT molecular complexity index is 659. The summed E-state index contributed by atoms with van der Waals surface area (Å²) in [5, 5.41) is 24.5. The van der Waals surface area contributed by atoms with Crippen LogP contribution >= 0.6 is 0 Å². The van der Waals surface area contributed by atoms with E-state index in [1.807, 2.05) is 0 Å². The minimum atomic E-state index is -1.09. The van der Waals surface area contributed by atoms with Gasteiger partial charge in [0, 0.05) is 13.0 Å². The lowest BCUT2D eigenvalue weighted by Crippen LogP contribution is -2.17. The Labute approximate surface area is 129 Å². The Morgan fingerprint density at radius 1 is 1.22 bits per heavy atom. The first kappa shape index (κ1) is 17.8. The van der Waals surface area contributed by atoms with Crippen molar-refractivity contribution in [2.75, 3.05) is 18.5 Å². The number of nitro benzene ring substituents is 2. The van der Waals surface area contributed by atoms with Crippen LogP contribution < -0.4 is 11.1 Å². The van der Waals surface area contributed by atoms with E-state index in [-0.39, 0.29) is 25.3 Å². The molecule has 0 aliphatic carbocycles. The van der Waals surface area contributed by atoms with Crippen LogP contribution in [0.25, 0.3) is 0 Å². The fraction of sp³-hybridized carbons (Fsp3) is 0.333. The Morgan fingerprint density at radius 3 is 2.30 bits per heavy atom. The molecule has 23 heavy (non-hydrogen) atoms. The quantitative estimate of drug-likeness (QED) is 0.308. The van der Waals surface area contributed by atoms with Gasteiger partial charge in [0.25, 0.3) is 17.3 Å². The number of hydrogen-bond donors (Lipinski definition) is 2. The number of carbonyl (C=O) groups is 2. The number of nitro groups is 2. The van der Waals surface area contributed by atoms with E-state index in [1.165, 1.54) is 0 Å². The molecule has 1 aromatic rings. The van der Waals surface area contributed by atoms with Crippen LogP contribution in [0.4, 0.5) is 17.1 Å². The third kappa shape index (κ3) is 4.62. The minimum absolute atomic E-state index is 0.0165. The van der Waals surface area contributed by atoms with Crippen molar-refractivity contribution in [2.45, 2.75) is 13.3 Å². The van der Waals surface area contributed by atoms with Gasteiger partial charge in [0.05, 0.1) is 15.9 Å². The van der Waals surface area contributed by atoms with Crippen molar-refractivity contribution >= 4 is 28.9 Å². The average Bonchev–Trinajstić information content (AvgIpc) is 2.49. The zero-order chi connectivity index (χ0) is 17.6. The number of carbonyl (C=O) groups excluding carboxylic acids is 2. The molecule has 0 aliphatic heterocycles. The summed E-state index contributed by atoms with van der Waals surface area (Å²) in [7, 11) is 0. The standard InChI is InChI=1S/C12H14N4O7/c1-2-11(17)23-4-3-14-8-5-7(12(13)18)9(15(19)20)6-10(8)16(21)22/h5-6,14H,2-4H2,1H3,(H2,13,18). The highest BCUT2D eigenvalue weighted by Crippen LogP contribution is 2.32. The van der Waals surface area contributed by atoms with E-state index < -0.39 is 38.7 Å². The average molecular weight is 326 g/mol. The molecule has 1 rings (SSSR count). The van der Waals surface area contributed by atoms with E-state index in [2.05, 4.69) is 5.32 Å². The number of primary amides is 1. The molecule has 0 spiro atoms. The number of anilines is 1. The van der Waals surface area contributed by atoms with Gasteiger partial charge in [0.15, 0.2) is 0 Å². The maximum absolute atomic E-state index is 11.3. The van der Waals surface area contributed by atoms with E-state index in [9.17, 15) is 29.8 Å². The molecular weight excluding hydrogens is 312 g/mol. The third-order valence-electron chi connectivity index (χ3n) is 2.74. The molecule has 0 atom stereocenters. The van der Waals surface area contributed by atoms with Gasteiger partial charge in [-0.1, -0.05) is 6.92 Å². The summed E-state index contributed by atoms with van der Waals surface area (Å²) in [6.45, 7) is 1.56. The Morgan fingerprint density at radius 2 is 1.83 bits per heavy atom. The molecule has 1 aromatic carbocycles. The first-order chi connectivity index (χ1) is 10.8. The number of esters is 1. The zero-order valence-corrected chi connectivity index (χ0v) is 12.1. The topological polar surface area (TPSA) is 168 Å². The van der Waals surface area contributed by atoms with E-state index in [0.717, 1.165) is 6.07 Å². The largest absolute Gasteiger partial charge is 0.464 e. The van der Waals surface area contributed by atoms with Crippen LogP contribution in [0.5, 0.6) is 0 Å². The lowest BCUT2D eigenvalue weighted by Gasteiger charge is -2.09. The fourth-order valence-corrected chi connectivity index (χ4v) is 1.67. The molecule has 11 nitrogen and oxygen atoms in total. The summed E-state index contributed by atoms with van der Waals surface area (Å²) < 4.78 is 4.78. The monoisotopic (exact) mass is 326 g/mol. The first-order valence-electron chi connectivity index (χ1n) is 6.44. The third-order valence-corrected chi connectivity index (χ3v) is 2.74. The number of ether oxygens (including phenoxy) is 1. The van der Waals surface area contributed by atoms with E-state index in [0.29, 0.717) is 6.07 Å². The molecule has 0 saturated heterocycles. The molecule has 0 aromatic heterocycles. The van der Waals surface area contributed by atoms with Gasteiger partial charge in [-0.25, -0.2) is 0 Å². The molecular formula is C12H14N4O7. The highest BCUT2D eigenvalue weighted by atomic mass is 16.6. The van der Waals surface area contributed by atoms with Crippen molar-refractivity contribution in [1.29, 1.82) is 0 Å². The second kappa shape index (κ2) is 7.68. The second-order valence-electron chi connectivity index (χ2n) is 4.27. The van der Waals surface area contributed by atoms with Gasteiger partial charge < -0.3 is 15.8 Å². The van der Waals surface area contributed by atoms with Gasteiger partial charge in [-0.3, -0.25) is 29.8 Å². The molecule has 0 saturated carbocycles. The van der Waals surface area contributed by atoms with Crippen LogP contribution in [0.15, 0.2) is 12.1 Å². The number of nitrogens with one attached hydrogen (secondary N) is 1. The normalized spacial score (nSPS) is 9.96. The van der Waals surface area contributed by atoms with Gasteiger partial charge >= 0.3 is 5.97 Å². The SMILES string of the molecule is CCC(=O)OCCNc1cc(C(N)=O)c([N+](=O)[O-])cc1[N+](=O)[O-]. The van der Waals surface area contributed by atoms with Gasteiger partial charge in [-0.15, -0.1) is 0 Å².